The molecule has 1 aromatic rings. The summed E-state index contributed by atoms with van der Waals surface area (Å²) in [5, 5.41) is 21.8. The second-order valence-electron chi connectivity index (χ2n) is 4.97. The third-order valence-electron chi connectivity index (χ3n) is 3.51. The van der Waals surface area contributed by atoms with E-state index in [4.69, 9.17) is 0 Å². The third kappa shape index (κ3) is 2.90. The molecule has 0 unspecified atom stereocenters. The lowest BCUT2D eigenvalue weighted by Gasteiger charge is -2.33. The van der Waals surface area contributed by atoms with Gasteiger partial charge in [0.25, 0.3) is 5.91 Å². The molecule has 1 aliphatic rings. The van der Waals surface area contributed by atoms with Gasteiger partial charge in [0.05, 0.1) is 5.56 Å². The van der Waals surface area contributed by atoms with Crippen molar-refractivity contribution in [3.05, 3.63) is 29.3 Å². The fourth-order valence-electron chi connectivity index (χ4n) is 2.23. The first-order valence-electron chi connectivity index (χ1n) is 6.38. The Morgan fingerprint density at radius 1 is 1.30 bits per heavy atom. The standard InChI is InChI=1S/C14H17NO4S/c1-9-2-3-10(11(16)8-9)12(17)15-14(13(18)19)4-6-20-7-5-14/h2-3,8,16H,4-7H2,1H3,(H,15,17)(H,18,19). The van der Waals surface area contributed by atoms with E-state index in [1.54, 1.807) is 24.8 Å². The molecule has 20 heavy (non-hydrogen) atoms. The zero-order valence-electron chi connectivity index (χ0n) is 11.2. The minimum absolute atomic E-state index is 0.106. The van der Waals surface area contributed by atoms with Crippen LogP contribution in [0.3, 0.4) is 0 Å². The van der Waals surface area contributed by atoms with Gasteiger partial charge in [-0.3, -0.25) is 4.79 Å². The van der Waals surface area contributed by atoms with E-state index < -0.39 is 17.4 Å². The van der Waals surface area contributed by atoms with Crippen LogP contribution in [0.2, 0.25) is 0 Å². The molecule has 1 aliphatic heterocycles. The van der Waals surface area contributed by atoms with Crippen molar-refractivity contribution < 1.29 is 19.8 Å². The number of phenolic OH excluding ortho intramolecular Hbond substituents is 1. The molecule has 1 amide bonds. The van der Waals surface area contributed by atoms with Crippen LogP contribution in [-0.2, 0) is 4.79 Å². The van der Waals surface area contributed by atoms with Crippen molar-refractivity contribution in [2.75, 3.05) is 11.5 Å². The summed E-state index contributed by atoms with van der Waals surface area (Å²) in [4.78, 5) is 23.7. The van der Waals surface area contributed by atoms with Crippen molar-refractivity contribution in [3.63, 3.8) is 0 Å². The number of carboxylic acid groups (broad SMARTS) is 1. The van der Waals surface area contributed by atoms with Crippen molar-refractivity contribution in [2.45, 2.75) is 25.3 Å². The maximum Gasteiger partial charge on any atom is 0.329 e. The number of hydrogen-bond donors (Lipinski definition) is 3. The second kappa shape index (κ2) is 5.75. The van der Waals surface area contributed by atoms with Gasteiger partial charge in [0.15, 0.2) is 0 Å². The van der Waals surface area contributed by atoms with Gasteiger partial charge in [-0.05, 0) is 49.0 Å². The molecule has 0 aromatic heterocycles. The number of nitrogens with one attached hydrogen (secondary N) is 1. The van der Waals surface area contributed by atoms with Crippen molar-refractivity contribution >= 4 is 23.6 Å². The molecule has 6 heteroatoms. The maximum atomic E-state index is 12.2. The monoisotopic (exact) mass is 295 g/mol. The number of rotatable bonds is 3. The van der Waals surface area contributed by atoms with Crippen LogP contribution in [0.4, 0.5) is 0 Å². The van der Waals surface area contributed by atoms with Crippen molar-refractivity contribution in [1.82, 2.24) is 5.32 Å². The SMILES string of the molecule is Cc1ccc(C(=O)NC2(C(=O)O)CCSCC2)c(O)c1. The number of aromatic hydroxyl groups is 1. The first kappa shape index (κ1) is 14.7. The minimum Gasteiger partial charge on any atom is -0.507 e. The third-order valence-corrected chi connectivity index (χ3v) is 4.49. The van der Waals surface area contributed by atoms with Crippen LogP contribution in [0.15, 0.2) is 18.2 Å². The average molecular weight is 295 g/mol. The Balaban J connectivity index is 2.22. The highest BCUT2D eigenvalue weighted by atomic mass is 32.2. The highest BCUT2D eigenvalue weighted by Crippen LogP contribution is 2.28. The Morgan fingerprint density at radius 3 is 2.50 bits per heavy atom. The Hall–Kier alpha value is -1.69. The number of carbonyl (C=O) groups is 2. The summed E-state index contributed by atoms with van der Waals surface area (Å²) in [5.41, 5.74) is -0.282. The van der Waals surface area contributed by atoms with Crippen LogP contribution in [0.1, 0.15) is 28.8 Å². The molecule has 5 nitrogen and oxygen atoms in total. The van der Waals surface area contributed by atoms with Gasteiger partial charge in [-0.15, -0.1) is 0 Å². The Kier molecular flexibility index (Phi) is 4.23. The number of carboxylic acids is 1. The van der Waals surface area contributed by atoms with E-state index in [-0.39, 0.29) is 11.3 Å². The molecule has 2 rings (SSSR count). The van der Waals surface area contributed by atoms with E-state index in [0.29, 0.717) is 24.3 Å². The number of aliphatic carboxylic acids is 1. The summed E-state index contributed by atoms with van der Waals surface area (Å²) in [6, 6.07) is 4.70. The summed E-state index contributed by atoms with van der Waals surface area (Å²) in [5.74, 6) is -0.290. The van der Waals surface area contributed by atoms with Gasteiger partial charge in [0, 0.05) is 0 Å². The van der Waals surface area contributed by atoms with Crippen LogP contribution in [0.25, 0.3) is 0 Å². The number of phenols is 1. The van der Waals surface area contributed by atoms with Gasteiger partial charge < -0.3 is 15.5 Å². The van der Waals surface area contributed by atoms with Gasteiger partial charge in [-0.25, -0.2) is 4.79 Å². The topological polar surface area (TPSA) is 86.6 Å². The Labute approximate surface area is 121 Å². The van der Waals surface area contributed by atoms with E-state index >= 15 is 0 Å². The molecule has 108 valence electrons. The van der Waals surface area contributed by atoms with E-state index in [2.05, 4.69) is 5.32 Å². The molecule has 1 fully saturated rings. The van der Waals surface area contributed by atoms with E-state index in [1.807, 2.05) is 0 Å². The van der Waals surface area contributed by atoms with Crippen LogP contribution in [0, 0.1) is 6.92 Å². The fraction of sp³-hybridized carbons (Fsp3) is 0.429. The first-order valence-corrected chi connectivity index (χ1v) is 7.53. The maximum absolute atomic E-state index is 12.2. The lowest BCUT2D eigenvalue weighted by Crippen LogP contribution is -2.56. The van der Waals surface area contributed by atoms with Crippen LogP contribution in [0.5, 0.6) is 5.75 Å². The summed E-state index contributed by atoms with van der Waals surface area (Å²) in [6.45, 7) is 1.80. The summed E-state index contributed by atoms with van der Waals surface area (Å²) in [7, 11) is 0. The Morgan fingerprint density at radius 2 is 1.95 bits per heavy atom. The predicted molar refractivity (Wildman–Crippen MR) is 77.2 cm³/mol. The quantitative estimate of drug-likeness (QED) is 0.791. The van der Waals surface area contributed by atoms with Crippen molar-refractivity contribution in [2.24, 2.45) is 0 Å². The second-order valence-corrected chi connectivity index (χ2v) is 6.20. The zero-order valence-corrected chi connectivity index (χ0v) is 12.0. The highest BCUT2D eigenvalue weighted by molar-refractivity contribution is 7.99. The molecule has 1 saturated heterocycles. The zero-order chi connectivity index (χ0) is 14.8. The van der Waals surface area contributed by atoms with Crippen LogP contribution < -0.4 is 5.32 Å². The highest BCUT2D eigenvalue weighted by Gasteiger charge is 2.41. The minimum atomic E-state index is -1.22. The van der Waals surface area contributed by atoms with Gasteiger partial charge in [0.1, 0.15) is 11.3 Å². The molecule has 3 N–H and O–H groups in total. The molecular weight excluding hydrogens is 278 g/mol. The summed E-state index contributed by atoms with van der Waals surface area (Å²) >= 11 is 1.68. The van der Waals surface area contributed by atoms with Gasteiger partial charge in [-0.1, -0.05) is 6.07 Å². The van der Waals surface area contributed by atoms with E-state index in [9.17, 15) is 19.8 Å². The molecule has 0 bridgehead atoms. The normalized spacial score (nSPS) is 17.4. The van der Waals surface area contributed by atoms with Gasteiger partial charge >= 0.3 is 5.97 Å². The predicted octanol–water partition coefficient (Wildman–Crippen LogP) is 1.78. The number of benzene rings is 1. The lowest BCUT2D eigenvalue weighted by atomic mass is 9.91. The van der Waals surface area contributed by atoms with Crippen LogP contribution in [-0.4, -0.2) is 39.1 Å². The molecule has 0 atom stereocenters. The molecule has 0 saturated carbocycles. The smallest absolute Gasteiger partial charge is 0.329 e. The number of carbonyl (C=O) groups excluding carboxylic acids is 1. The average Bonchev–Trinajstić information content (AvgIpc) is 2.39. The summed E-state index contributed by atoms with van der Waals surface area (Å²) < 4.78 is 0. The Bertz CT molecular complexity index is 538. The van der Waals surface area contributed by atoms with Gasteiger partial charge in [0.2, 0.25) is 0 Å². The largest absolute Gasteiger partial charge is 0.507 e. The number of hydrogen-bond acceptors (Lipinski definition) is 4. The van der Waals surface area contributed by atoms with E-state index in [1.165, 1.54) is 12.1 Å². The molecule has 0 aliphatic carbocycles. The molecule has 0 spiro atoms. The molecule has 1 aromatic carbocycles. The molecule has 0 radical (unpaired) electrons. The van der Waals surface area contributed by atoms with Crippen molar-refractivity contribution in [1.29, 1.82) is 0 Å². The first-order chi connectivity index (χ1) is 9.44. The van der Waals surface area contributed by atoms with Gasteiger partial charge in [-0.2, -0.15) is 11.8 Å². The molecular formula is C14H17NO4S. The number of thioether (sulfide) groups is 1. The van der Waals surface area contributed by atoms with Crippen molar-refractivity contribution in [3.8, 4) is 5.75 Å². The number of aryl methyl sites for hydroxylation is 1. The van der Waals surface area contributed by atoms with E-state index in [0.717, 1.165) is 5.56 Å². The molecule has 1 heterocycles. The summed E-state index contributed by atoms with van der Waals surface area (Å²) in [6.07, 6.45) is 0.788. The lowest BCUT2D eigenvalue weighted by molar-refractivity contribution is -0.144. The fourth-order valence-corrected chi connectivity index (χ4v) is 3.42. The number of amides is 1. The van der Waals surface area contributed by atoms with Crippen LogP contribution >= 0.6 is 11.8 Å².